The minimum Gasteiger partial charge on any atom is -0.456 e. The van der Waals surface area contributed by atoms with Crippen LogP contribution in [0.4, 0.5) is 0 Å². The van der Waals surface area contributed by atoms with E-state index in [1.807, 2.05) is 66.7 Å². The Morgan fingerprint density at radius 2 is 0.878 bits per heavy atom. The van der Waals surface area contributed by atoms with Crippen LogP contribution in [0.15, 0.2) is 186 Å². The number of rotatable bonds is 4. The first-order valence-electron chi connectivity index (χ1n) is 22.3. The number of hydrogen-bond acceptors (Lipinski definition) is 1. The van der Waals surface area contributed by atoms with E-state index < -0.39 is 48.3 Å². The second-order valence-electron chi connectivity index (χ2n) is 11.8. The number of benzene rings is 9. The largest absolute Gasteiger partial charge is 0.456 e. The minimum atomic E-state index is -0.584. The van der Waals surface area contributed by atoms with Crippen molar-refractivity contribution in [1.29, 1.82) is 0 Å². The van der Waals surface area contributed by atoms with E-state index in [4.69, 9.17) is 15.4 Å². The van der Waals surface area contributed by atoms with Crippen LogP contribution in [0.25, 0.3) is 98.8 Å². The molecule has 228 valence electrons. The Morgan fingerprint density at radius 3 is 1.57 bits per heavy atom. The predicted octanol–water partition coefficient (Wildman–Crippen LogP) is 13.7. The van der Waals surface area contributed by atoms with E-state index in [-0.39, 0.29) is 74.0 Å². The molecule has 0 aliphatic heterocycles. The van der Waals surface area contributed by atoms with Crippen molar-refractivity contribution in [3.8, 4) is 44.5 Å². The standard InChI is InChI=1S/C48H30O/c1-2-12-31(13-3-1)32-22-24-33(25-23-32)37-16-6-7-17-39(37)48-42-20-10-8-18-40(42)47(41-19-9-11-21-43(41)48)36-26-27-38-44-28-34-14-4-5-15-35(34)29-46(44)49-45(38)30-36/h1-30H/i4D,5D,6D,7D,14D,15D,16D,17D,26D,27D,28D,29D,30D. The van der Waals surface area contributed by atoms with E-state index in [1.54, 1.807) is 36.4 Å². The average molecular weight is 636 g/mol. The van der Waals surface area contributed by atoms with Crippen LogP contribution in [-0.2, 0) is 0 Å². The highest BCUT2D eigenvalue weighted by Crippen LogP contribution is 2.47. The first-order valence-corrected chi connectivity index (χ1v) is 15.8. The molecule has 0 bridgehead atoms. The van der Waals surface area contributed by atoms with Crippen LogP contribution in [0, 0.1) is 0 Å². The van der Waals surface area contributed by atoms with E-state index in [0.29, 0.717) is 43.8 Å². The Kier molecular flexibility index (Phi) is 3.99. The molecule has 0 aliphatic rings. The molecular weight excluding hydrogens is 593 g/mol. The van der Waals surface area contributed by atoms with Crippen LogP contribution in [-0.4, -0.2) is 0 Å². The molecule has 0 atom stereocenters. The normalized spacial score (nSPS) is 15.4. The van der Waals surface area contributed by atoms with Crippen LogP contribution in [0.5, 0.6) is 0 Å². The van der Waals surface area contributed by atoms with Gasteiger partial charge in [0.05, 0.1) is 17.8 Å². The summed E-state index contributed by atoms with van der Waals surface area (Å²) < 4.78 is 123. The SMILES string of the molecule is [2H]c1c([2H])c([2H])c(-c2c3ccccc3c(-c3c([2H])c([2H])c4c(oc5c([2H])c6c([2H])c([2H])c([2H])c([2H])c6c([2H])c54)c3[2H])c3ccccc23)c(-c2ccc(-c3ccccc3)cc2)c1[2H]. The van der Waals surface area contributed by atoms with Crippen molar-refractivity contribution in [2.24, 2.45) is 0 Å². The molecule has 0 aliphatic carbocycles. The third-order valence-corrected chi connectivity index (χ3v) is 9.03. The number of hydrogen-bond donors (Lipinski definition) is 0. The summed E-state index contributed by atoms with van der Waals surface area (Å²) in [7, 11) is 0. The molecular formula is C48H30O. The van der Waals surface area contributed by atoms with Crippen molar-refractivity contribution in [1.82, 2.24) is 0 Å². The molecule has 1 aromatic heterocycles. The maximum Gasteiger partial charge on any atom is 0.136 e. The number of fused-ring (bicyclic) bond motifs is 6. The third kappa shape index (κ3) is 4.47. The Hall–Kier alpha value is -6.44. The average Bonchev–Trinajstić information content (AvgIpc) is 3.71. The summed E-state index contributed by atoms with van der Waals surface area (Å²) in [6, 6.07) is 26.3. The zero-order valence-corrected chi connectivity index (χ0v) is 25.7. The Bertz CT molecular complexity index is 3540. The van der Waals surface area contributed by atoms with Crippen molar-refractivity contribution >= 4 is 54.3 Å². The van der Waals surface area contributed by atoms with Gasteiger partial charge in [-0.1, -0.05) is 158 Å². The lowest BCUT2D eigenvalue weighted by molar-refractivity contribution is 0.669. The Balaban J connectivity index is 1.30. The van der Waals surface area contributed by atoms with Gasteiger partial charge in [-0.2, -0.15) is 0 Å². The highest BCUT2D eigenvalue weighted by Gasteiger charge is 2.20. The minimum absolute atomic E-state index is 0.0130. The fourth-order valence-corrected chi connectivity index (χ4v) is 6.82. The quantitative estimate of drug-likeness (QED) is 0.175. The van der Waals surface area contributed by atoms with Gasteiger partial charge in [0.2, 0.25) is 0 Å². The van der Waals surface area contributed by atoms with Gasteiger partial charge in [-0.3, -0.25) is 0 Å². The second kappa shape index (κ2) is 11.1. The van der Waals surface area contributed by atoms with Crippen LogP contribution in [0.3, 0.4) is 0 Å². The summed E-state index contributed by atoms with van der Waals surface area (Å²) in [6.07, 6.45) is 0. The van der Waals surface area contributed by atoms with Gasteiger partial charge in [0.15, 0.2) is 0 Å². The van der Waals surface area contributed by atoms with Crippen LogP contribution < -0.4 is 0 Å². The molecule has 0 fully saturated rings. The van der Waals surface area contributed by atoms with Crippen LogP contribution >= 0.6 is 0 Å². The summed E-state index contributed by atoms with van der Waals surface area (Å²) in [5.74, 6) is 0. The van der Waals surface area contributed by atoms with Crippen molar-refractivity contribution in [3.63, 3.8) is 0 Å². The molecule has 9 aromatic carbocycles. The van der Waals surface area contributed by atoms with Crippen LogP contribution in [0.1, 0.15) is 17.8 Å². The smallest absolute Gasteiger partial charge is 0.136 e. The van der Waals surface area contributed by atoms with Gasteiger partial charge in [0.1, 0.15) is 11.2 Å². The lowest BCUT2D eigenvalue weighted by atomic mass is 9.83. The van der Waals surface area contributed by atoms with E-state index in [0.717, 1.165) is 11.1 Å². The highest BCUT2D eigenvalue weighted by atomic mass is 16.3. The predicted molar refractivity (Wildman–Crippen MR) is 208 cm³/mol. The third-order valence-electron chi connectivity index (χ3n) is 9.03. The van der Waals surface area contributed by atoms with Crippen molar-refractivity contribution in [3.05, 3.63) is 182 Å². The molecule has 0 saturated carbocycles. The molecule has 1 nitrogen and oxygen atoms in total. The molecule has 0 unspecified atom stereocenters. The fraction of sp³-hybridized carbons (Fsp3) is 0. The molecule has 0 spiro atoms. The molecule has 0 N–H and O–H groups in total. The maximum absolute atomic E-state index is 9.68. The highest BCUT2D eigenvalue weighted by molar-refractivity contribution is 6.23. The molecule has 49 heavy (non-hydrogen) atoms. The van der Waals surface area contributed by atoms with E-state index >= 15 is 0 Å². The van der Waals surface area contributed by atoms with Crippen molar-refractivity contribution < 1.29 is 22.2 Å². The van der Waals surface area contributed by atoms with Gasteiger partial charge < -0.3 is 4.42 Å². The van der Waals surface area contributed by atoms with Gasteiger partial charge in [-0.15, -0.1) is 0 Å². The van der Waals surface area contributed by atoms with Crippen molar-refractivity contribution in [2.75, 3.05) is 0 Å². The topological polar surface area (TPSA) is 13.1 Å². The van der Waals surface area contributed by atoms with Gasteiger partial charge >= 0.3 is 0 Å². The first kappa shape index (κ1) is 17.6. The molecule has 10 rings (SSSR count). The molecule has 0 amide bonds. The molecule has 1 heteroatoms. The molecule has 10 aromatic rings. The molecule has 0 radical (unpaired) electrons. The van der Waals surface area contributed by atoms with E-state index in [2.05, 4.69) is 0 Å². The van der Waals surface area contributed by atoms with E-state index in [9.17, 15) is 6.85 Å². The summed E-state index contributed by atoms with van der Waals surface area (Å²) in [5, 5.41) is 1.50. The monoisotopic (exact) mass is 635 g/mol. The first-order chi connectivity index (χ1) is 29.7. The van der Waals surface area contributed by atoms with Gasteiger partial charge in [0.25, 0.3) is 0 Å². The lowest BCUT2D eigenvalue weighted by Gasteiger charge is -2.19. The Morgan fingerprint density at radius 1 is 0.347 bits per heavy atom. The second-order valence-corrected chi connectivity index (χ2v) is 11.8. The summed E-state index contributed by atoms with van der Waals surface area (Å²) in [5.41, 5.74) is 3.53. The van der Waals surface area contributed by atoms with E-state index in [1.165, 1.54) is 0 Å². The summed E-state index contributed by atoms with van der Waals surface area (Å²) in [6.45, 7) is 0. The Labute approximate surface area is 302 Å². The van der Waals surface area contributed by atoms with Gasteiger partial charge in [-0.25, -0.2) is 0 Å². The molecule has 0 saturated heterocycles. The molecule has 1 heterocycles. The van der Waals surface area contributed by atoms with Crippen molar-refractivity contribution in [2.45, 2.75) is 0 Å². The lowest BCUT2D eigenvalue weighted by Crippen LogP contribution is -1.92. The van der Waals surface area contributed by atoms with Gasteiger partial charge in [-0.05, 0) is 101 Å². The van der Waals surface area contributed by atoms with Crippen LogP contribution in [0.2, 0.25) is 0 Å². The maximum atomic E-state index is 9.68. The summed E-state index contributed by atoms with van der Waals surface area (Å²) in [4.78, 5) is 0. The van der Waals surface area contributed by atoms with Gasteiger partial charge in [0, 0.05) is 10.8 Å². The zero-order chi connectivity index (χ0) is 43.6. The zero-order valence-electron chi connectivity index (χ0n) is 38.7. The number of furan rings is 1. The fourth-order valence-electron chi connectivity index (χ4n) is 6.82. The summed E-state index contributed by atoms with van der Waals surface area (Å²) >= 11 is 0.